The Morgan fingerprint density at radius 3 is 2.79 bits per heavy atom. The molecule has 0 bridgehead atoms. The molecule has 0 unspecified atom stereocenters. The van der Waals surface area contributed by atoms with E-state index >= 15 is 0 Å². The van der Waals surface area contributed by atoms with E-state index in [1.54, 1.807) is 13.1 Å². The third-order valence-corrected chi connectivity index (χ3v) is 3.18. The van der Waals surface area contributed by atoms with Gasteiger partial charge in [0, 0.05) is 13.6 Å². The number of benzene rings is 1. The Hall–Kier alpha value is -2.15. The zero-order valence-corrected chi connectivity index (χ0v) is 10.6. The number of carbonyl (C=O) groups is 1. The normalized spacial score (nSPS) is 14.0. The van der Waals surface area contributed by atoms with Crippen LogP contribution in [0.3, 0.4) is 0 Å². The van der Waals surface area contributed by atoms with Crippen molar-refractivity contribution in [1.29, 1.82) is 0 Å². The van der Waals surface area contributed by atoms with Crippen LogP contribution in [0.25, 0.3) is 0 Å². The lowest BCUT2D eigenvalue weighted by atomic mass is 10.1. The molecule has 1 aromatic rings. The van der Waals surface area contributed by atoms with Crippen molar-refractivity contribution in [3.05, 3.63) is 33.9 Å². The molecule has 19 heavy (non-hydrogen) atoms. The van der Waals surface area contributed by atoms with E-state index in [2.05, 4.69) is 5.43 Å². The number of nitrogens with two attached hydrogens (primary N) is 1. The highest BCUT2D eigenvalue weighted by Gasteiger charge is 2.29. The second-order valence-electron chi connectivity index (χ2n) is 4.73. The van der Waals surface area contributed by atoms with Crippen molar-refractivity contribution >= 4 is 17.3 Å². The van der Waals surface area contributed by atoms with Gasteiger partial charge in [-0.1, -0.05) is 6.07 Å². The van der Waals surface area contributed by atoms with Crippen LogP contribution in [0, 0.1) is 16.0 Å². The fourth-order valence-corrected chi connectivity index (χ4v) is 2.01. The van der Waals surface area contributed by atoms with Gasteiger partial charge in [-0.3, -0.25) is 20.8 Å². The van der Waals surface area contributed by atoms with Crippen molar-refractivity contribution in [3.8, 4) is 0 Å². The van der Waals surface area contributed by atoms with Crippen LogP contribution in [0.1, 0.15) is 23.2 Å². The number of para-hydroxylation sites is 1. The standard InChI is InChI=1S/C12H16N4O3/c1-15(7-8-5-6-8)12(17)9-3-2-4-10(14-13)11(9)16(18)19/h2-4,8,14H,5-7,13H2,1H3. The molecular weight excluding hydrogens is 248 g/mol. The fourth-order valence-electron chi connectivity index (χ4n) is 2.01. The third kappa shape index (κ3) is 2.82. The van der Waals surface area contributed by atoms with Crippen molar-refractivity contribution in [1.82, 2.24) is 4.90 Å². The Balaban J connectivity index is 2.31. The van der Waals surface area contributed by atoms with Crippen LogP contribution in [0.15, 0.2) is 18.2 Å². The first-order chi connectivity index (χ1) is 9.04. The molecule has 3 N–H and O–H groups in total. The number of rotatable bonds is 5. The van der Waals surface area contributed by atoms with Crippen LogP contribution in [-0.2, 0) is 0 Å². The summed E-state index contributed by atoms with van der Waals surface area (Å²) in [4.78, 5) is 24.3. The van der Waals surface area contributed by atoms with Crippen LogP contribution in [0.2, 0.25) is 0 Å². The van der Waals surface area contributed by atoms with E-state index in [1.165, 1.54) is 17.0 Å². The molecule has 0 spiro atoms. The molecule has 0 radical (unpaired) electrons. The Morgan fingerprint density at radius 2 is 2.26 bits per heavy atom. The van der Waals surface area contributed by atoms with Crippen molar-refractivity contribution in [2.75, 3.05) is 19.0 Å². The highest BCUT2D eigenvalue weighted by Crippen LogP contribution is 2.32. The summed E-state index contributed by atoms with van der Waals surface area (Å²) in [5.41, 5.74) is 2.17. The molecule has 7 nitrogen and oxygen atoms in total. The third-order valence-electron chi connectivity index (χ3n) is 3.18. The highest BCUT2D eigenvalue weighted by atomic mass is 16.6. The van der Waals surface area contributed by atoms with E-state index in [-0.39, 0.29) is 22.8 Å². The van der Waals surface area contributed by atoms with Gasteiger partial charge in [0.15, 0.2) is 0 Å². The monoisotopic (exact) mass is 264 g/mol. The number of nitrogens with one attached hydrogen (secondary N) is 1. The molecule has 0 aliphatic heterocycles. The lowest BCUT2D eigenvalue weighted by molar-refractivity contribution is -0.384. The predicted molar refractivity (Wildman–Crippen MR) is 70.6 cm³/mol. The maximum atomic E-state index is 12.3. The summed E-state index contributed by atoms with van der Waals surface area (Å²) in [6.07, 6.45) is 2.23. The summed E-state index contributed by atoms with van der Waals surface area (Å²) < 4.78 is 0. The van der Waals surface area contributed by atoms with Gasteiger partial charge in [-0.2, -0.15) is 0 Å². The highest BCUT2D eigenvalue weighted by molar-refractivity contribution is 6.00. The molecule has 0 aromatic heterocycles. The smallest absolute Gasteiger partial charge is 0.306 e. The lowest BCUT2D eigenvalue weighted by Gasteiger charge is -2.17. The van der Waals surface area contributed by atoms with E-state index in [1.807, 2.05) is 0 Å². The van der Waals surface area contributed by atoms with Crippen molar-refractivity contribution in [2.45, 2.75) is 12.8 Å². The van der Waals surface area contributed by atoms with Gasteiger partial charge in [-0.25, -0.2) is 0 Å². The van der Waals surface area contributed by atoms with Crippen molar-refractivity contribution in [3.63, 3.8) is 0 Å². The minimum absolute atomic E-state index is 0.0589. The van der Waals surface area contributed by atoms with Gasteiger partial charge in [-0.15, -0.1) is 0 Å². The Morgan fingerprint density at radius 1 is 1.58 bits per heavy atom. The molecule has 1 fully saturated rings. The van der Waals surface area contributed by atoms with Crippen LogP contribution >= 0.6 is 0 Å². The van der Waals surface area contributed by atoms with Gasteiger partial charge in [0.05, 0.1) is 4.92 Å². The van der Waals surface area contributed by atoms with Gasteiger partial charge < -0.3 is 10.3 Å². The summed E-state index contributed by atoms with van der Waals surface area (Å²) in [6, 6.07) is 4.49. The molecule has 1 aliphatic rings. The molecule has 0 atom stereocenters. The number of anilines is 1. The number of carbonyl (C=O) groups excluding carboxylic acids is 1. The van der Waals surface area contributed by atoms with Crippen molar-refractivity contribution < 1.29 is 9.72 Å². The maximum Gasteiger partial charge on any atom is 0.306 e. The molecule has 1 aliphatic carbocycles. The fraction of sp³-hybridized carbons (Fsp3) is 0.417. The molecular formula is C12H16N4O3. The first kappa shape index (κ1) is 13.3. The van der Waals surface area contributed by atoms with E-state index in [0.29, 0.717) is 12.5 Å². The van der Waals surface area contributed by atoms with Gasteiger partial charge in [-0.05, 0) is 30.9 Å². The summed E-state index contributed by atoms with van der Waals surface area (Å²) in [7, 11) is 1.66. The van der Waals surface area contributed by atoms with E-state index in [0.717, 1.165) is 12.8 Å². The number of hydrogen-bond donors (Lipinski definition) is 2. The summed E-state index contributed by atoms with van der Waals surface area (Å²) in [5.74, 6) is 5.43. The summed E-state index contributed by atoms with van der Waals surface area (Å²) in [6.45, 7) is 0.635. The van der Waals surface area contributed by atoms with Gasteiger partial charge in [0.2, 0.25) is 0 Å². The average molecular weight is 264 g/mol. The maximum absolute atomic E-state index is 12.3. The van der Waals surface area contributed by atoms with E-state index < -0.39 is 4.92 Å². The van der Waals surface area contributed by atoms with E-state index in [9.17, 15) is 14.9 Å². The van der Waals surface area contributed by atoms with Gasteiger partial charge in [0.1, 0.15) is 11.3 Å². The van der Waals surface area contributed by atoms with Crippen molar-refractivity contribution in [2.24, 2.45) is 11.8 Å². The SMILES string of the molecule is CN(CC1CC1)C(=O)c1cccc(NN)c1[N+](=O)[O-]. The molecule has 0 heterocycles. The molecule has 1 saturated carbocycles. The second-order valence-corrected chi connectivity index (χ2v) is 4.73. The number of hydrogen-bond acceptors (Lipinski definition) is 5. The number of amides is 1. The van der Waals surface area contributed by atoms with Gasteiger partial charge in [0.25, 0.3) is 5.91 Å². The molecule has 102 valence electrons. The number of nitro groups is 1. The quantitative estimate of drug-likeness (QED) is 0.475. The van der Waals surface area contributed by atoms with Crippen LogP contribution in [0.4, 0.5) is 11.4 Å². The Bertz CT molecular complexity index is 514. The Kier molecular flexibility index (Phi) is 3.66. The minimum Gasteiger partial charge on any atom is -0.341 e. The minimum atomic E-state index is -0.590. The zero-order valence-electron chi connectivity index (χ0n) is 10.6. The number of nitrogens with zero attached hydrogens (tertiary/aromatic N) is 2. The van der Waals surface area contributed by atoms with Crippen LogP contribution in [0.5, 0.6) is 0 Å². The molecule has 1 amide bonds. The van der Waals surface area contributed by atoms with Gasteiger partial charge >= 0.3 is 5.69 Å². The number of nitro benzene ring substituents is 1. The second kappa shape index (κ2) is 5.23. The summed E-state index contributed by atoms with van der Waals surface area (Å²) in [5, 5.41) is 11.1. The number of nitrogen functional groups attached to an aromatic ring is 1. The predicted octanol–water partition coefficient (Wildman–Crippen LogP) is 1.36. The van der Waals surface area contributed by atoms with E-state index in [4.69, 9.17) is 5.84 Å². The first-order valence-electron chi connectivity index (χ1n) is 6.04. The molecule has 2 rings (SSSR count). The molecule has 7 heteroatoms. The number of hydrazine groups is 1. The first-order valence-corrected chi connectivity index (χ1v) is 6.04. The van der Waals surface area contributed by atoms with Crippen LogP contribution in [-0.4, -0.2) is 29.3 Å². The average Bonchev–Trinajstić information content (AvgIpc) is 3.20. The lowest BCUT2D eigenvalue weighted by Crippen LogP contribution is -2.29. The Labute approximate surface area is 110 Å². The largest absolute Gasteiger partial charge is 0.341 e. The topological polar surface area (TPSA) is 102 Å². The summed E-state index contributed by atoms with van der Waals surface area (Å²) >= 11 is 0. The zero-order chi connectivity index (χ0) is 14.0. The molecule has 0 saturated heterocycles. The van der Waals surface area contributed by atoms with Crippen LogP contribution < -0.4 is 11.3 Å². The molecule has 1 aromatic carbocycles.